The third-order valence-corrected chi connectivity index (χ3v) is 6.09. The highest BCUT2D eigenvalue weighted by molar-refractivity contribution is 6.38. The number of carbonyl (C=O) groups excluding carboxylic acids is 1. The second kappa shape index (κ2) is 8.81. The minimum atomic E-state index is -0.186. The lowest BCUT2D eigenvalue weighted by molar-refractivity contribution is -0.110. The molecule has 5 rings (SSSR count). The Morgan fingerprint density at radius 2 is 1.85 bits per heavy atom. The molecule has 2 aliphatic rings. The summed E-state index contributed by atoms with van der Waals surface area (Å²) < 4.78 is 11.0. The van der Waals surface area contributed by atoms with E-state index in [1.54, 1.807) is 12.1 Å². The van der Waals surface area contributed by atoms with E-state index in [0.717, 1.165) is 29.9 Å². The number of hydrogen-bond acceptors (Lipinski definition) is 5. The van der Waals surface area contributed by atoms with Crippen LogP contribution in [0.3, 0.4) is 0 Å². The molecule has 0 unspecified atom stereocenters. The topological polar surface area (TPSA) is 62.8 Å². The Morgan fingerprint density at radius 1 is 1.06 bits per heavy atom. The largest absolute Gasteiger partial charge is 0.454 e. The minimum Gasteiger partial charge on any atom is -0.454 e. The van der Waals surface area contributed by atoms with Crippen LogP contribution in [0.5, 0.6) is 11.5 Å². The number of nitrogens with zero attached hydrogens (tertiary/aromatic N) is 1. The zero-order valence-corrected chi connectivity index (χ0v) is 19.2. The molecule has 0 spiro atoms. The first-order valence-corrected chi connectivity index (χ1v) is 11.2. The maximum absolute atomic E-state index is 13.1. The SMILES string of the molecule is CCN(C)Cc1ccc(NC(=C2C(=O)Nc3cc(Cl)ccc32)c2ccc3c(c2)OCO3)cc1. The molecule has 0 radical (unpaired) electrons. The number of ether oxygens (including phenoxy) is 2. The van der Waals surface area contributed by atoms with Gasteiger partial charge in [-0.1, -0.05) is 36.7 Å². The van der Waals surface area contributed by atoms with Crippen molar-refractivity contribution in [2.75, 3.05) is 31.0 Å². The number of benzene rings is 3. The predicted octanol–water partition coefficient (Wildman–Crippen LogP) is 5.45. The molecule has 2 aliphatic heterocycles. The van der Waals surface area contributed by atoms with Crippen molar-refractivity contribution in [3.05, 3.63) is 82.4 Å². The van der Waals surface area contributed by atoms with Crippen LogP contribution in [0.25, 0.3) is 11.3 Å². The summed E-state index contributed by atoms with van der Waals surface area (Å²) in [6, 6.07) is 19.3. The van der Waals surface area contributed by atoms with E-state index in [-0.39, 0.29) is 12.7 Å². The van der Waals surface area contributed by atoms with Gasteiger partial charge >= 0.3 is 0 Å². The standard InChI is InChI=1S/C26H24ClN3O3/c1-3-30(2)14-16-4-8-19(9-5-16)28-25(17-6-11-22-23(12-17)33-15-32-22)24-20-10-7-18(27)13-21(20)29-26(24)31/h4-13,28H,3,14-15H2,1-2H3,(H,29,31). The normalized spacial score (nSPS) is 15.5. The third kappa shape index (κ3) is 4.27. The Morgan fingerprint density at radius 3 is 2.64 bits per heavy atom. The fourth-order valence-corrected chi connectivity index (χ4v) is 4.16. The Kier molecular flexibility index (Phi) is 5.70. The average Bonchev–Trinajstić information content (AvgIpc) is 3.41. The molecule has 168 valence electrons. The molecule has 0 saturated heterocycles. The Bertz CT molecular complexity index is 1250. The minimum absolute atomic E-state index is 0.186. The smallest absolute Gasteiger partial charge is 0.258 e. The van der Waals surface area contributed by atoms with Gasteiger partial charge in [-0.05, 0) is 61.6 Å². The number of amides is 1. The number of halogens is 1. The summed E-state index contributed by atoms with van der Waals surface area (Å²) in [5.74, 6) is 1.16. The molecule has 3 aromatic rings. The monoisotopic (exact) mass is 461 g/mol. The van der Waals surface area contributed by atoms with Gasteiger partial charge in [-0.15, -0.1) is 0 Å². The van der Waals surface area contributed by atoms with Crippen molar-refractivity contribution in [3.63, 3.8) is 0 Å². The number of carbonyl (C=O) groups is 1. The van der Waals surface area contributed by atoms with Crippen LogP contribution in [0.2, 0.25) is 5.02 Å². The van der Waals surface area contributed by atoms with Crippen molar-refractivity contribution >= 4 is 40.2 Å². The highest BCUT2D eigenvalue weighted by atomic mass is 35.5. The second-order valence-electron chi connectivity index (χ2n) is 8.11. The number of fused-ring (bicyclic) bond motifs is 2. The molecule has 1 amide bonds. The summed E-state index contributed by atoms with van der Waals surface area (Å²) >= 11 is 6.15. The highest BCUT2D eigenvalue weighted by Crippen LogP contribution is 2.41. The van der Waals surface area contributed by atoms with Crippen LogP contribution in [-0.4, -0.2) is 31.2 Å². The maximum Gasteiger partial charge on any atom is 0.258 e. The van der Waals surface area contributed by atoms with Crippen molar-refractivity contribution in [2.45, 2.75) is 13.5 Å². The van der Waals surface area contributed by atoms with E-state index in [9.17, 15) is 4.79 Å². The van der Waals surface area contributed by atoms with Crippen molar-refractivity contribution in [1.82, 2.24) is 4.90 Å². The van der Waals surface area contributed by atoms with E-state index < -0.39 is 0 Å². The lowest BCUT2D eigenvalue weighted by atomic mass is 9.99. The third-order valence-electron chi connectivity index (χ3n) is 5.85. The molecule has 0 bridgehead atoms. The van der Waals surface area contributed by atoms with Gasteiger partial charge in [0, 0.05) is 28.4 Å². The first-order chi connectivity index (χ1) is 16.0. The van der Waals surface area contributed by atoms with Gasteiger partial charge in [0.2, 0.25) is 6.79 Å². The van der Waals surface area contributed by atoms with Gasteiger partial charge in [-0.25, -0.2) is 0 Å². The average molecular weight is 462 g/mol. The fourth-order valence-electron chi connectivity index (χ4n) is 3.99. The molecule has 7 heteroatoms. The Hall–Kier alpha value is -3.48. The highest BCUT2D eigenvalue weighted by Gasteiger charge is 2.29. The number of hydrogen-bond donors (Lipinski definition) is 2. The van der Waals surface area contributed by atoms with E-state index in [1.165, 1.54) is 5.56 Å². The first kappa shape index (κ1) is 21.4. The second-order valence-corrected chi connectivity index (χ2v) is 8.55. The van der Waals surface area contributed by atoms with Crippen LogP contribution >= 0.6 is 11.6 Å². The summed E-state index contributed by atoms with van der Waals surface area (Å²) in [6.45, 7) is 4.19. The lowest BCUT2D eigenvalue weighted by Crippen LogP contribution is -2.16. The van der Waals surface area contributed by atoms with Crippen LogP contribution < -0.4 is 20.1 Å². The maximum atomic E-state index is 13.1. The summed E-state index contributed by atoms with van der Waals surface area (Å²) in [5, 5.41) is 6.99. The first-order valence-electron chi connectivity index (χ1n) is 10.8. The van der Waals surface area contributed by atoms with Gasteiger partial charge in [0.25, 0.3) is 5.91 Å². The van der Waals surface area contributed by atoms with Crippen molar-refractivity contribution < 1.29 is 14.3 Å². The zero-order valence-electron chi connectivity index (χ0n) is 18.4. The summed E-state index contributed by atoms with van der Waals surface area (Å²) in [7, 11) is 2.09. The summed E-state index contributed by atoms with van der Waals surface area (Å²) in [4.78, 5) is 15.3. The van der Waals surface area contributed by atoms with Crippen LogP contribution in [0, 0.1) is 0 Å². The van der Waals surface area contributed by atoms with Crippen molar-refractivity contribution in [2.24, 2.45) is 0 Å². The Balaban J connectivity index is 1.57. The summed E-state index contributed by atoms with van der Waals surface area (Å²) in [6.07, 6.45) is 0. The molecule has 0 saturated carbocycles. The predicted molar refractivity (Wildman–Crippen MR) is 132 cm³/mol. The van der Waals surface area contributed by atoms with Crippen molar-refractivity contribution in [3.8, 4) is 11.5 Å². The van der Waals surface area contributed by atoms with Gasteiger partial charge in [0.05, 0.1) is 17.0 Å². The van der Waals surface area contributed by atoms with Gasteiger partial charge in [-0.2, -0.15) is 0 Å². The molecular formula is C26H24ClN3O3. The molecule has 2 N–H and O–H groups in total. The number of nitrogens with one attached hydrogen (secondary N) is 2. The fraction of sp³-hybridized carbons (Fsp3) is 0.192. The molecule has 0 aliphatic carbocycles. The zero-order chi connectivity index (χ0) is 22.9. The molecule has 6 nitrogen and oxygen atoms in total. The Labute approximate surface area is 197 Å². The molecule has 0 atom stereocenters. The van der Waals surface area contributed by atoms with Crippen LogP contribution in [0.4, 0.5) is 11.4 Å². The van der Waals surface area contributed by atoms with E-state index in [4.69, 9.17) is 21.1 Å². The number of rotatable bonds is 6. The van der Waals surface area contributed by atoms with Crippen LogP contribution in [0.1, 0.15) is 23.6 Å². The van der Waals surface area contributed by atoms with E-state index in [2.05, 4.69) is 41.6 Å². The lowest BCUT2D eigenvalue weighted by Gasteiger charge is -2.17. The molecular weight excluding hydrogens is 438 g/mol. The number of anilines is 2. The molecule has 2 heterocycles. The molecule has 0 aromatic heterocycles. The van der Waals surface area contributed by atoms with Crippen LogP contribution in [-0.2, 0) is 11.3 Å². The van der Waals surface area contributed by atoms with E-state index in [0.29, 0.717) is 33.5 Å². The van der Waals surface area contributed by atoms with Gasteiger partial charge in [-0.3, -0.25) is 4.79 Å². The van der Waals surface area contributed by atoms with Crippen molar-refractivity contribution in [1.29, 1.82) is 0 Å². The molecule has 3 aromatic carbocycles. The molecule has 0 fully saturated rings. The van der Waals surface area contributed by atoms with Gasteiger partial charge < -0.3 is 25.0 Å². The van der Waals surface area contributed by atoms with E-state index in [1.807, 2.05) is 36.4 Å². The molecule has 33 heavy (non-hydrogen) atoms. The van der Waals surface area contributed by atoms with Gasteiger partial charge in [0.15, 0.2) is 11.5 Å². The van der Waals surface area contributed by atoms with Gasteiger partial charge in [0.1, 0.15) is 0 Å². The van der Waals surface area contributed by atoms with Crippen LogP contribution in [0.15, 0.2) is 60.7 Å². The van der Waals surface area contributed by atoms with E-state index >= 15 is 0 Å². The summed E-state index contributed by atoms with van der Waals surface area (Å²) in [5.41, 5.74) is 5.66. The quantitative estimate of drug-likeness (QED) is 0.478.